The second-order valence-electron chi connectivity index (χ2n) is 8.08. The molecule has 1 saturated heterocycles. The van der Waals surface area contributed by atoms with E-state index in [1.54, 1.807) is 12.1 Å². The van der Waals surface area contributed by atoms with Gasteiger partial charge < -0.3 is 23.5 Å². The van der Waals surface area contributed by atoms with Crippen LogP contribution in [0.4, 0.5) is 5.69 Å². The topological polar surface area (TPSA) is 99.5 Å². The minimum absolute atomic E-state index is 0.000259. The highest BCUT2D eigenvalue weighted by Crippen LogP contribution is 2.42. The number of ether oxygens (including phenoxy) is 4. The van der Waals surface area contributed by atoms with E-state index in [4.69, 9.17) is 18.9 Å². The average Bonchev–Trinajstić information content (AvgIpc) is 3.23. The number of rotatable bonds is 8. The Labute approximate surface area is 204 Å². The maximum atomic E-state index is 14.0. The number of sulfonamides is 1. The predicted octanol–water partition coefficient (Wildman–Crippen LogP) is 2.26. The van der Waals surface area contributed by atoms with Crippen LogP contribution in [0.1, 0.15) is 0 Å². The fraction of sp³-hybridized carbons (Fsp3) is 0.375. The number of anilines is 1. The summed E-state index contributed by atoms with van der Waals surface area (Å²) >= 11 is 0. The molecule has 2 aromatic carbocycles. The summed E-state index contributed by atoms with van der Waals surface area (Å²) in [6.07, 6.45) is 1.85. The molecule has 4 rings (SSSR count). The van der Waals surface area contributed by atoms with Crippen molar-refractivity contribution in [1.29, 1.82) is 0 Å². The minimum Gasteiger partial charge on any atom is -0.493 e. The largest absolute Gasteiger partial charge is 0.493 e. The third-order valence-electron chi connectivity index (χ3n) is 5.97. The lowest BCUT2D eigenvalue weighted by Crippen LogP contribution is -2.47. The van der Waals surface area contributed by atoms with Gasteiger partial charge in [-0.3, -0.25) is 9.69 Å². The molecule has 35 heavy (non-hydrogen) atoms. The van der Waals surface area contributed by atoms with Gasteiger partial charge in [-0.2, -0.15) is 0 Å². The van der Waals surface area contributed by atoms with Crippen LogP contribution < -0.4 is 18.5 Å². The van der Waals surface area contributed by atoms with Crippen molar-refractivity contribution in [3.05, 3.63) is 42.6 Å². The summed E-state index contributed by atoms with van der Waals surface area (Å²) in [7, 11) is 1.90. The van der Waals surface area contributed by atoms with E-state index in [1.807, 2.05) is 28.8 Å². The molecular weight excluding hydrogens is 474 g/mol. The van der Waals surface area contributed by atoms with Gasteiger partial charge in [-0.1, -0.05) is 0 Å². The summed E-state index contributed by atoms with van der Waals surface area (Å²) in [4.78, 5) is 15.5. The van der Waals surface area contributed by atoms with Crippen LogP contribution in [0.5, 0.6) is 17.2 Å². The van der Waals surface area contributed by atoms with E-state index < -0.39 is 15.9 Å². The second kappa shape index (κ2) is 10.1. The zero-order valence-corrected chi connectivity index (χ0v) is 21.0. The fourth-order valence-electron chi connectivity index (χ4n) is 4.14. The van der Waals surface area contributed by atoms with Crippen molar-refractivity contribution in [1.82, 2.24) is 9.47 Å². The Morgan fingerprint density at radius 1 is 1.00 bits per heavy atom. The van der Waals surface area contributed by atoms with Crippen LogP contribution in [0, 0.1) is 0 Å². The lowest BCUT2D eigenvalue weighted by molar-refractivity contribution is -0.119. The van der Waals surface area contributed by atoms with E-state index in [-0.39, 0.29) is 28.6 Å². The molecule has 0 N–H and O–H groups in total. The van der Waals surface area contributed by atoms with Crippen LogP contribution in [0.2, 0.25) is 0 Å². The van der Waals surface area contributed by atoms with Crippen molar-refractivity contribution in [3.63, 3.8) is 0 Å². The van der Waals surface area contributed by atoms with Crippen LogP contribution in [0.25, 0.3) is 10.9 Å². The zero-order valence-electron chi connectivity index (χ0n) is 20.2. The van der Waals surface area contributed by atoms with Crippen LogP contribution in [-0.4, -0.2) is 78.0 Å². The summed E-state index contributed by atoms with van der Waals surface area (Å²) in [6, 6.07) is 9.53. The van der Waals surface area contributed by atoms with Gasteiger partial charge >= 0.3 is 0 Å². The van der Waals surface area contributed by atoms with Gasteiger partial charge in [0.25, 0.3) is 15.9 Å². The maximum absolute atomic E-state index is 14.0. The van der Waals surface area contributed by atoms with E-state index in [9.17, 15) is 13.2 Å². The number of aryl methyl sites for hydroxylation is 1. The molecule has 0 bridgehead atoms. The Morgan fingerprint density at radius 3 is 2.26 bits per heavy atom. The van der Waals surface area contributed by atoms with Gasteiger partial charge in [0.15, 0.2) is 11.5 Å². The molecule has 0 spiro atoms. The van der Waals surface area contributed by atoms with E-state index >= 15 is 0 Å². The first-order chi connectivity index (χ1) is 16.8. The molecule has 10 nitrogen and oxygen atoms in total. The molecule has 1 aliphatic rings. The molecule has 2 heterocycles. The number of hydrogen-bond donors (Lipinski definition) is 0. The first-order valence-corrected chi connectivity index (χ1v) is 12.5. The number of carbonyl (C=O) groups is 1. The molecule has 11 heteroatoms. The van der Waals surface area contributed by atoms with E-state index in [2.05, 4.69) is 0 Å². The highest BCUT2D eigenvalue weighted by atomic mass is 32.2. The Bertz CT molecular complexity index is 1310. The number of nitrogens with zero attached hydrogens (tertiary/aromatic N) is 3. The number of hydrogen-bond acceptors (Lipinski definition) is 8. The number of fused-ring (bicyclic) bond motifs is 1. The summed E-state index contributed by atoms with van der Waals surface area (Å²) in [5.74, 6) is 0.163. The zero-order chi connectivity index (χ0) is 25.2. The first kappa shape index (κ1) is 24.8. The van der Waals surface area contributed by atoms with Gasteiger partial charge in [0, 0.05) is 49.4 Å². The Kier molecular flexibility index (Phi) is 7.20. The monoisotopic (exact) mass is 503 g/mol. The fourth-order valence-corrected chi connectivity index (χ4v) is 5.58. The Hall–Kier alpha value is -3.28. The normalized spacial score (nSPS) is 14.6. The van der Waals surface area contributed by atoms with E-state index in [1.165, 1.54) is 39.5 Å². The standard InChI is InChI=1S/C24H29N3O7S/c1-25-8-7-17-13-19(5-6-20(17)25)35(29,30)27(23(28)16-26-9-11-34-12-10-26)18-14-21(31-2)24(33-4)22(15-18)32-3/h5-8,13-15H,9-12,16H2,1-4H3. The lowest BCUT2D eigenvalue weighted by atomic mass is 10.2. The predicted molar refractivity (Wildman–Crippen MR) is 131 cm³/mol. The molecule has 1 fully saturated rings. The summed E-state index contributed by atoms with van der Waals surface area (Å²) in [5.41, 5.74) is 0.967. The molecule has 0 unspecified atom stereocenters. The molecule has 3 aromatic rings. The number of methoxy groups -OCH3 is 3. The van der Waals surface area contributed by atoms with Gasteiger partial charge in [0.2, 0.25) is 5.75 Å². The lowest BCUT2D eigenvalue weighted by Gasteiger charge is -2.29. The summed E-state index contributed by atoms with van der Waals surface area (Å²) in [5, 5.41) is 0.749. The average molecular weight is 504 g/mol. The Morgan fingerprint density at radius 2 is 1.66 bits per heavy atom. The van der Waals surface area contributed by atoms with Gasteiger partial charge in [-0.25, -0.2) is 12.7 Å². The molecule has 1 amide bonds. The first-order valence-electron chi connectivity index (χ1n) is 11.0. The molecule has 0 aliphatic carbocycles. The van der Waals surface area contributed by atoms with Gasteiger partial charge in [0.1, 0.15) is 0 Å². The van der Waals surface area contributed by atoms with Crippen molar-refractivity contribution in [2.75, 3.05) is 58.5 Å². The Balaban J connectivity index is 1.84. The molecule has 0 radical (unpaired) electrons. The van der Waals surface area contributed by atoms with Gasteiger partial charge in [-0.15, -0.1) is 0 Å². The third-order valence-corrected chi connectivity index (χ3v) is 7.71. The maximum Gasteiger partial charge on any atom is 0.270 e. The number of carbonyl (C=O) groups excluding carboxylic acids is 1. The van der Waals surface area contributed by atoms with Gasteiger partial charge in [-0.05, 0) is 24.3 Å². The van der Waals surface area contributed by atoms with E-state index in [0.29, 0.717) is 32.1 Å². The molecular formula is C24H29N3O7S. The summed E-state index contributed by atoms with van der Waals surface area (Å²) < 4.78 is 52.2. The van der Waals surface area contributed by atoms with Crippen molar-refractivity contribution >= 4 is 32.5 Å². The highest BCUT2D eigenvalue weighted by molar-refractivity contribution is 7.93. The highest BCUT2D eigenvalue weighted by Gasteiger charge is 2.34. The molecule has 0 saturated carbocycles. The van der Waals surface area contributed by atoms with Gasteiger partial charge in [0.05, 0.1) is 51.7 Å². The molecule has 0 atom stereocenters. The quantitative estimate of drug-likeness (QED) is 0.462. The van der Waals surface area contributed by atoms with Crippen molar-refractivity contribution in [2.45, 2.75) is 4.90 Å². The molecule has 1 aliphatic heterocycles. The SMILES string of the molecule is COc1cc(N(C(=O)CN2CCOCC2)S(=O)(=O)c2ccc3c(ccn3C)c2)cc(OC)c1OC. The number of benzene rings is 2. The van der Waals surface area contributed by atoms with Crippen molar-refractivity contribution in [3.8, 4) is 17.2 Å². The van der Waals surface area contributed by atoms with Crippen LogP contribution in [0.15, 0.2) is 47.5 Å². The third kappa shape index (κ3) is 4.79. The molecule has 1 aromatic heterocycles. The van der Waals surface area contributed by atoms with Crippen LogP contribution in [-0.2, 0) is 26.6 Å². The number of morpholine rings is 1. The van der Waals surface area contributed by atoms with Crippen LogP contribution >= 0.6 is 0 Å². The van der Waals surface area contributed by atoms with Crippen LogP contribution in [0.3, 0.4) is 0 Å². The number of amides is 1. The minimum atomic E-state index is -4.29. The van der Waals surface area contributed by atoms with Crippen molar-refractivity contribution < 1.29 is 32.2 Å². The number of aromatic nitrogens is 1. The van der Waals surface area contributed by atoms with Crippen molar-refractivity contribution in [2.24, 2.45) is 7.05 Å². The second-order valence-corrected chi connectivity index (χ2v) is 9.87. The molecule has 188 valence electrons. The van der Waals surface area contributed by atoms with E-state index in [0.717, 1.165) is 15.2 Å². The summed E-state index contributed by atoms with van der Waals surface area (Å²) in [6.45, 7) is 1.94. The smallest absolute Gasteiger partial charge is 0.270 e.